The minimum atomic E-state index is -1.55. The molecule has 306 valence electrons. The number of aromatic nitrogens is 2. The molecular weight excluding hydrogens is 1130 g/mol. The molecule has 0 saturated carbocycles. The maximum atomic E-state index is 7.26. The van der Waals surface area contributed by atoms with E-state index < -0.39 is 16.1 Å². The Morgan fingerprint density at radius 2 is 1.12 bits per heavy atom. The number of fused-ring (bicyclic) bond motifs is 6. The van der Waals surface area contributed by atoms with Gasteiger partial charge in [0.2, 0.25) is 0 Å². The topological polar surface area (TPSA) is 33.4 Å². The summed E-state index contributed by atoms with van der Waals surface area (Å²) in [6, 6.07) is 50.6. The van der Waals surface area contributed by atoms with Crippen LogP contribution in [0, 0.1) is 31.0 Å². The van der Waals surface area contributed by atoms with Crippen molar-refractivity contribution in [1.82, 2.24) is 9.55 Å². The van der Waals surface area contributed by atoms with Crippen molar-refractivity contribution in [2.75, 3.05) is 11.4 Å². The molecule has 0 spiro atoms. The van der Waals surface area contributed by atoms with Gasteiger partial charge >= 0.3 is 0 Å². The van der Waals surface area contributed by atoms with E-state index in [4.69, 9.17) is 12.8 Å². The Balaban J connectivity index is 0.000000152. The first-order valence-electron chi connectivity index (χ1n) is 19.8. The number of nitrogens with zero attached hydrogens (tertiary/aromatic N) is 4. The van der Waals surface area contributed by atoms with Crippen molar-refractivity contribution in [1.29, 1.82) is 0 Å². The van der Waals surface area contributed by atoms with E-state index in [2.05, 4.69) is 163 Å². The zero-order valence-corrected chi connectivity index (χ0v) is 40.4. The Kier molecular flexibility index (Phi) is 14.2. The van der Waals surface area contributed by atoms with Gasteiger partial charge in [-0.05, 0) is 49.9 Å². The predicted molar refractivity (Wildman–Crippen MR) is 245 cm³/mol. The zero-order chi connectivity index (χ0) is 40.3. The van der Waals surface area contributed by atoms with E-state index in [9.17, 15) is 0 Å². The summed E-state index contributed by atoms with van der Waals surface area (Å²) in [6.45, 7) is 10.4. The van der Waals surface area contributed by atoms with Crippen molar-refractivity contribution in [3.63, 3.8) is 0 Å². The SMILES string of the molecule is [Au].[Au].[C-]#Cc1ccc2c(c1)-c1ccccc1[Si]2(C)C.[C-]#Cc1ccc2c(c1)[Si](C)(C)c1ccccc1-2.[C-]1=NC(CCc2cn(-c3ccccc3)[c-]n2)CN1c1ccccc1. The van der Waals surface area contributed by atoms with Gasteiger partial charge in [-0.1, -0.05) is 165 Å². The van der Waals surface area contributed by atoms with E-state index in [0.29, 0.717) is 0 Å². The molecule has 3 aliphatic heterocycles. The third kappa shape index (κ3) is 9.04. The monoisotopic (exact) mass is 1170 g/mol. The number of aryl methyl sites for hydroxylation is 1. The molecule has 0 N–H and O–H groups in total. The van der Waals surface area contributed by atoms with Gasteiger partial charge in [0.25, 0.3) is 0 Å². The summed E-state index contributed by atoms with van der Waals surface area (Å²) in [5.74, 6) is 4.97. The summed E-state index contributed by atoms with van der Waals surface area (Å²) >= 11 is 0. The van der Waals surface area contributed by atoms with Gasteiger partial charge in [0.1, 0.15) is 16.1 Å². The van der Waals surface area contributed by atoms with Crippen LogP contribution in [0.3, 0.4) is 0 Å². The molecule has 60 heavy (non-hydrogen) atoms. The second-order valence-electron chi connectivity index (χ2n) is 16.0. The number of para-hydroxylation sites is 2. The molecule has 4 nitrogen and oxygen atoms in total. The first-order valence-corrected chi connectivity index (χ1v) is 25.8. The number of anilines is 1. The van der Waals surface area contributed by atoms with E-state index in [1.165, 1.54) is 43.0 Å². The van der Waals surface area contributed by atoms with Crippen LogP contribution in [0.15, 0.2) is 157 Å². The van der Waals surface area contributed by atoms with E-state index in [1.54, 1.807) is 0 Å². The first kappa shape index (κ1) is 44.6. The number of rotatable bonds is 5. The Morgan fingerprint density at radius 3 is 1.77 bits per heavy atom. The van der Waals surface area contributed by atoms with E-state index in [0.717, 1.165) is 47.6 Å². The summed E-state index contributed by atoms with van der Waals surface area (Å²) in [4.78, 5) is 11.0. The Bertz CT molecular complexity index is 2710. The third-order valence-electron chi connectivity index (χ3n) is 11.6. The van der Waals surface area contributed by atoms with E-state index >= 15 is 0 Å². The molecule has 0 aliphatic carbocycles. The summed E-state index contributed by atoms with van der Waals surface area (Å²) in [5.41, 5.74) is 10.4. The van der Waals surface area contributed by atoms with Gasteiger partial charge in [0.05, 0.1) is 0 Å². The van der Waals surface area contributed by atoms with Crippen molar-refractivity contribution in [3.8, 4) is 39.8 Å². The van der Waals surface area contributed by atoms with Crippen LogP contribution in [0.4, 0.5) is 5.69 Å². The number of hydrogen-bond acceptors (Lipinski definition) is 3. The van der Waals surface area contributed by atoms with Gasteiger partial charge in [-0.15, -0.1) is 53.2 Å². The van der Waals surface area contributed by atoms with Gasteiger partial charge in [-0.25, -0.2) is 0 Å². The molecular formula is C52H44Au2N4Si2-4. The molecule has 0 bridgehead atoms. The Labute approximate surface area is 389 Å². The van der Waals surface area contributed by atoms with Crippen molar-refractivity contribution in [2.45, 2.75) is 45.1 Å². The normalized spacial score (nSPS) is 15.1. The molecule has 2 radical (unpaired) electrons. The van der Waals surface area contributed by atoms with Gasteiger partial charge < -0.3 is 32.3 Å². The van der Waals surface area contributed by atoms with Crippen LogP contribution in [-0.4, -0.2) is 44.6 Å². The molecule has 0 amide bonds. The summed E-state index contributed by atoms with van der Waals surface area (Å²) in [5, 5.41) is 5.95. The average Bonchev–Trinajstić information content (AvgIpc) is 4.05. The van der Waals surface area contributed by atoms with Crippen LogP contribution < -0.4 is 25.6 Å². The molecule has 6 aromatic carbocycles. The fraction of sp³-hybridized carbons (Fsp3) is 0.154. The zero-order valence-electron chi connectivity index (χ0n) is 34.0. The molecule has 1 atom stereocenters. The van der Waals surface area contributed by atoms with Crippen LogP contribution in [0.2, 0.25) is 26.2 Å². The minimum Gasteiger partial charge on any atom is -0.494 e. The van der Waals surface area contributed by atoms with Gasteiger partial charge in [-0.2, -0.15) is 0 Å². The van der Waals surface area contributed by atoms with Crippen molar-refractivity contribution in [3.05, 3.63) is 188 Å². The summed E-state index contributed by atoms with van der Waals surface area (Å²) < 4.78 is 1.94. The molecule has 1 unspecified atom stereocenters. The molecule has 10 rings (SSSR count). The Morgan fingerprint density at radius 1 is 0.600 bits per heavy atom. The van der Waals surface area contributed by atoms with Crippen LogP contribution in [0.25, 0.3) is 27.9 Å². The molecule has 3 aliphatic rings. The standard InChI is InChI=1S/C20H18N4.2C16H13Si.2Au/c1-3-7-19(8-4-1)23-13-17(21-15-23)11-12-18-14-24(16-22-18)20-9-5-2-6-10-20;1-4-12-9-10-16-14(11-12)13-7-5-6-8-15(13)17(16,2)3;1-4-12-9-10-14-13-7-5-6-8-15(13)17(2,3)16(14)11-12;;/h1-10,13,18H,11-12,14H2;2*5-11H,2-3H3;;/q-2;2*-1;;. The van der Waals surface area contributed by atoms with E-state index in [1.807, 2.05) is 59.3 Å². The maximum absolute atomic E-state index is 7.26. The molecule has 8 heteroatoms. The molecule has 4 heterocycles. The van der Waals surface area contributed by atoms with Gasteiger partial charge in [-0.3, -0.25) is 11.8 Å². The second-order valence-corrected chi connectivity index (χ2v) is 24.7. The number of aliphatic imine (C=N–C) groups is 1. The van der Waals surface area contributed by atoms with Crippen LogP contribution >= 0.6 is 0 Å². The van der Waals surface area contributed by atoms with Crippen molar-refractivity contribution >= 4 is 48.9 Å². The average molecular weight is 1180 g/mol. The van der Waals surface area contributed by atoms with Crippen molar-refractivity contribution < 1.29 is 44.8 Å². The molecule has 7 aromatic rings. The number of imidazole rings is 1. The van der Waals surface area contributed by atoms with Gasteiger partial charge in [0, 0.05) is 63.7 Å². The molecule has 0 fully saturated rings. The quantitative estimate of drug-likeness (QED) is 0.0990. The van der Waals surface area contributed by atoms with Crippen molar-refractivity contribution in [2.24, 2.45) is 4.99 Å². The second kappa shape index (κ2) is 19.2. The summed E-state index contributed by atoms with van der Waals surface area (Å²) in [6.07, 6.45) is 24.6. The van der Waals surface area contributed by atoms with Crippen LogP contribution in [0.1, 0.15) is 23.2 Å². The molecule has 1 aromatic heterocycles. The third-order valence-corrected chi connectivity index (χ3v) is 18.7. The Hall–Kier alpha value is -4.97. The van der Waals surface area contributed by atoms with Crippen LogP contribution in [0.5, 0.6) is 0 Å². The largest absolute Gasteiger partial charge is 0.494 e. The van der Waals surface area contributed by atoms with Crippen LogP contribution in [-0.2, 0) is 51.2 Å². The smallest absolute Gasteiger partial charge is 0.113 e. The predicted octanol–water partition coefficient (Wildman–Crippen LogP) is 8.25. The fourth-order valence-electron chi connectivity index (χ4n) is 8.43. The first-order chi connectivity index (χ1) is 28.2. The van der Waals surface area contributed by atoms with E-state index in [-0.39, 0.29) is 50.8 Å². The molecule has 0 saturated heterocycles. The van der Waals surface area contributed by atoms with Gasteiger partial charge in [0.15, 0.2) is 0 Å². The maximum Gasteiger partial charge on any atom is 0.113 e. The fourth-order valence-corrected chi connectivity index (χ4v) is 14.6. The number of benzene rings is 6. The summed E-state index contributed by atoms with van der Waals surface area (Å²) in [7, 11) is -3.06. The minimum absolute atomic E-state index is 0. The number of hydrogen-bond donors (Lipinski definition) is 0.